The van der Waals surface area contributed by atoms with Crippen LogP contribution in [0, 0.1) is 0 Å². The van der Waals surface area contributed by atoms with Crippen LogP contribution in [0.15, 0.2) is 18.2 Å². The molecule has 4 nitrogen and oxygen atoms in total. The number of benzene rings is 1. The SMILES string of the molecule is [2H]C([2H])([2H])NC(=O)c1cccc2c1CC(N)O2. The molecule has 0 aliphatic carbocycles. The molecule has 3 N–H and O–H groups in total. The van der Waals surface area contributed by atoms with E-state index >= 15 is 0 Å². The lowest BCUT2D eigenvalue weighted by molar-refractivity contribution is 0.0962. The average Bonchev–Trinajstić information content (AvgIpc) is 2.54. The molecule has 1 atom stereocenters. The molecule has 2 rings (SSSR count). The maximum Gasteiger partial charge on any atom is 0.251 e. The Morgan fingerprint density at radius 3 is 3.43 bits per heavy atom. The molecule has 1 heterocycles. The number of nitrogens with two attached hydrogens (primary N) is 1. The summed E-state index contributed by atoms with van der Waals surface area (Å²) in [5.74, 6) is -0.102. The quantitative estimate of drug-likeness (QED) is 0.676. The molecule has 0 saturated carbocycles. The van der Waals surface area contributed by atoms with Crippen molar-refractivity contribution < 1.29 is 13.6 Å². The third-order valence-electron chi connectivity index (χ3n) is 2.17. The van der Waals surface area contributed by atoms with E-state index in [2.05, 4.69) is 0 Å². The van der Waals surface area contributed by atoms with E-state index in [0.29, 0.717) is 23.3 Å². The number of carbonyl (C=O) groups is 1. The van der Waals surface area contributed by atoms with Gasteiger partial charge in [-0.05, 0) is 12.1 Å². The van der Waals surface area contributed by atoms with E-state index in [1.807, 2.05) is 5.32 Å². The highest BCUT2D eigenvalue weighted by Gasteiger charge is 2.24. The molecule has 14 heavy (non-hydrogen) atoms. The molecule has 1 aromatic rings. The van der Waals surface area contributed by atoms with Crippen molar-refractivity contribution in [3.05, 3.63) is 29.3 Å². The summed E-state index contributed by atoms with van der Waals surface area (Å²) < 4.78 is 26.3. The third kappa shape index (κ3) is 1.33. The van der Waals surface area contributed by atoms with Gasteiger partial charge in [0.2, 0.25) is 0 Å². The van der Waals surface area contributed by atoms with Gasteiger partial charge in [0.25, 0.3) is 5.91 Å². The van der Waals surface area contributed by atoms with Crippen molar-refractivity contribution in [2.75, 3.05) is 6.98 Å². The minimum absolute atomic E-state index is 0.298. The Bertz CT molecular complexity index is 459. The van der Waals surface area contributed by atoms with Crippen molar-refractivity contribution in [1.82, 2.24) is 5.32 Å². The molecule has 0 aromatic heterocycles. The number of rotatable bonds is 1. The summed E-state index contributed by atoms with van der Waals surface area (Å²) in [4.78, 5) is 11.8. The van der Waals surface area contributed by atoms with Gasteiger partial charge in [-0.25, -0.2) is 0 Å². The van der Waals surface area contributed by atoms with Crippen LogP contribution in [0.1, 0.15) is 20.0 Å². The van der Waals surface area contributed by atoms with Gasteiger partial charge in [-0.15, -0.1) is 0 Å². The van der Waals surface area contributed by atoms with E-state index in [9.17, 15) is 4.79 Å². The molecule has 0 radical (unpaired) electrons. The van der Waals surface area contributed by atoms with Crippen LogP contribution in [-0.2, 0) is 6.42 Å². The second-order valence-corrected chi connectivity index (χ2v) is 3.10. The van der Waals surface area contributed by atoms with Crippen LogP contribution in [0.3, 0.4) is 0 Å². The molecule has 0 fully saturated rings. The minimum atomic E-state index is -2.50. The number of nitrogens with one attached hydrogen (secondary N) is 1. The van der Waals surface area contributed by atoms with Crippen molar-refractivity contribution in [3.63, 3.8) is 0 Å². The Balaban J connectivity index is 2.29. The topological polar surface area (TPSA) is 64.4 Å². The lowest BCUT2D eigenvalue weighted by Gasteiger charge is -2.04. The first-order valence-corrected chi connectivity index (χ1v) is 4.23. The van der Waals surface area contributed by atoms with Gasteiger partial charge in [-0.1, -0.05) is 6.07 Å². The van der Waals surface area contributed by atoms with Gasteiger partial charge in [-0.2, -0.15) is 0 Å². The van der Waals surface area contributed by atoms with Crippen LogP contribution >= 0.6 is 0 Å². The van der Waals surface area contributed by atoms with Gasteiger partial charge in [0.1, 0.15) is 5.75 Å². The highest BCUT2D eigenvalue weighted by Crippen LogP contribution is 2.29. The van der Waals surface area contributed by atoms with E-state index in [1.54, 1.807) is 18.2 Å². The first-order valence-electron chi connectivity index (χ1n) is 5.73. The van der Waals surface area contributed by atoms with Crippen LogP contribution < -0.4 is 15.8 Å². The Morgan fingerprint density at radius 2 is 2.64 bits per heavy atom. The van der Waals surface area contributed by atoms with Gasteiger partial charge in [0.05, 0.1) is 0 Å². The fraction of sp³-hybridized carbons (Fsp3) is 0.300. The zero-order chi connectivity index (χ0) is 12.6. The van der Waals surface area contributed by atoms with Crippen molar-refractivity contribution in [1.29, 1.82) is 0 Å². The van der Waals surface area contributed by atoms with Crippen LogP contribution in [0.5, 0.6) is 5.75 Å². The largest absolute Gasteiger partial charge is 0.475 e. The van der Waals surface area contributed by atoms with Gasteiger partial charge < -0.3 is 10.1 Å². The first-order chi connectivity index (χ1) is 7.87. The Kier molecular flexibility index (Phi) is 1.42. The smallest absolute Gasteiger partial charge is 0.251 e. The number of hydrogen-bond acceptors (Lipinski definition) is 3. The highest BCUT2D eigenvalue weighted by molar-refractivity contribution is 5.96. The predicted molar refractivity (Wildman–Crippen MR) is 52.1 cm³/mol. The predicted octanol–water partition coefficient (Wildman–Crippen LogP) is 0.266. The molecule has 1 aromatic carbocycles. The first kappa shape index (κ1) is 6.03. The van der Waals surface area contributed by atoms with Crippen molar-refractivity contribution in [2.24, 2.45) is 5.73 Å². The third-order valence-corrected chi connectivity index (χ3v) is 2.17. The Labute approximate surface area is 86.3 Å². The molecule has 0 bridgehead atoms. The van der Waals surface area contributed by atoms with E-state index in [0.717, 1.165) is 0 Å². The second kappa shape index (κ2) is 3.31. The Morgan fingerprint density at radius 1 is 1.79 bits per heavy atom. The second-order valence-electron chi connectivity index (χ2n) is 3.10. The van der Waals surface area contributed by atoms with E-state index < -0.39 is 19.1 Å². The molecule has 1 aliphatic heterocycles. The molecule has 0 spiro atoms. The van der Waals surface area contributed by atoms with Crippen molar-refractivity contribution in [2.45, 2.75) is 12.6 Å². The molecule has 74 valence electrons. The fourth-order valence-electron chi connectivity index (χ4n) is 1.57. The minimum Gasteiger partial charge on any atom is -0.475 e. The summed E-state index contributed by atoms with van der Waals surface area (Å²) in [6, 6.07) is 4.89. The van der Waals surface area contributed by atoms with Crippen molar-refractivity contribution in [3.8, 4) is 5.75 Å². The van der Waals surface area contributed by atoms with Crippen LogP contribution in [0.4, 0.5) is 0 Å². The van der Waals surface area contributed by atoms with Crippen LogP contribution in [0.25, 0.3) is 0 Å². The summed E-state index contributed by atoms with van der Waals surface area (Å²) in [6.45, 7) is -2.50. The summed E-state index contributed by atoms with van der Waals surface area (Å²) in [5, 5.41) is 1.94. The fourth-order valence-corrected chi connectivity index (χ4v) is 1.57. The summed E-state index contributed by atoms with van der Waals surface area (Å²) in [7, 11) is 0. The maximum absolute atomic E-state index is 11.8. The van der Waals surface area contributed by atoms with Crippen LogP contribution in [-0.4, -0.2) is 19.1 Å². The van der Waals surface area contributed by atoms with E-state index in [-0.39, 0.29) is 0 Å². The number of ether oxygens (including phenoxy) is 1. The monoisotopic (exact) mass is 195 g/mol. The molecular formula is C10H12N2O2. The van der Waals surface area contributed by atoms with Gasteiger partial charge in [0, 0.05) is 28.6 Å². The zero-order valence-electron chi connectivity index (χ0n) is 10.4. The average molecular weight is 195 g/mol. The number of amides is 1. The Hall–Kier alpha value is -1.55. The summed E-state index contributed by atoms with van der Waals surface area (Å²) in [6.07, 6.45) is -0.0772. The lowest BCUT2D eigenvalue weighted by Crippen LogP contribution is -2.24. The standard InChI is InChI=1S/C10H12N2O2/c1-12-10(13)6-3-2-4-8-7(6)5-9(11)14-8/h2-4,9H,5,11H2,1H3,(H,12,13)/i1D3. The zero-order valence-corrected chi connectivity index (χ0v) is 7.41. The van der Waals surface area contributed by atoms with E-state index in [1.165, 1.54) is 0 Å². The number of fused-ring (bicyclic) bond motifs is 1. The molecule has 1 aliphatic rings. The molecular weight excluding hydrogens is 180 g/mol. The molecule has 1 unspecified atom stereocenters. The summed E-state index contributed by atoms with van der Waals surface area (Å²) >= 11 is 0. The van der Waals surface area contributed by atoms with Crippen LogP contribution in [0.2, 0.25) is 0 Å². The van der Waals surface area contributed by atoms with Crippen molar-refractivity contribution >= 4 is 5.91 Å². The van der Waals surface area contributed by atoms with E-state index in [4.69, 9.17) is 14.6 Å². The molecule has 0 saturated heterocycles. The lowest BCUT2D eigenvalue weighted by atomic mass is 10.0. The van der Waals surface area contributed by atoms with Gasteiger partial charge >= 0.3 is 0 Å². The van der Waals surface area contributed by atoms with Gasteiger partial charge in [-0.3, -0.25) is 10.5 Å². The number of carbonyl (C=O) groups excluding carboxylic acids is 1. The normalized spacial score (nSPS) is 22.6. The maximum atomic E-state index is 11.8. The highest BCUT2D eigenvalue weighted by atomic mass is 16.5. The molecule has 4 heteroatoms. The summed E-state index contributed by atoms with van der Waals surface area (Å²) in [5.41, 5.74) is 6.57. The molecule has 1 amide bonds. The van der Waals surface area contributed by atoms with Gasteiger partial charge in [0.15, 0.2) is 6.23 Å². The number of hydrogen-bond donors (Lipinski definition) is 2.